The highest BCUT2D eigenvalue weighted by Gasteiger charge is 2.14. The van der Waals surface area contributed by atoms with Crippen molar-refractivity contribution < 1.29 is 9.53 Å². The van der Waals surface area contributed by atoms with Gasteiger partial charge in [-0.1, -0.05) is 55.6 Å². The Morgan fingerprint density at radius 1 is 1.08 bits per heavy atom. The van der Waals surface area contributed by atoms with E-state index in [0.29, 0.717) is 28.0 Å². The molecule has 128 valence electrons. The quantitative estimate of drug-likeness (QED) is 0.612. The maximum atomic E-state index is 12.4. The summed E-state index contributed by atoms with van der Waals surface area (Å²) in [5.41, 5.74) is 2.34. The van der Waals surface area contributed by atoms with Gasteiger partial charge in [0.05, 0.1) is 16.7 Å². The number of hydrogen-bond donors (Lipinski definition) is 1. The minimum atomic E-state index is -0.261. The Morgan fingerprint density at radius 2 is 1.71 bits per heavy atom. The molecule has 0 spiro atoms. The predicted molar refractivity (Wildman–Crippen MR) is 101 cm³/mol. The Kier molecular flexibility index (Phi) is 6.95. The molecule has 0 unspecified atom stereocenters. The lowest BCUT2D eigenvalue weighted by molar-refractivity contribution is 0.102. The average Bonchev–Trinajstić information content (AvgIpc) is 2.58. The summed E-state index contributed by atoms with van der Waals surface area (Å²) in [7, 11) is 0. The molecule has 0 bridgehead atoms. The Labute approximate surface area is 152 Å². The van der Waals surface area contributed by atoms with Gasteiger partial charge in [0.25, 0.3) is 5.91 Å². The van der Waals surface area contributed by atoms with Gasteiger partial charge in [-0.25, -0.2) is 0 Å². The number of halogens is 2. The average molecular weight is 366 g/mol. The van der Waals surface area contributed by atoms with Crippen molar-refractivity contribution in [2.75, 3.05) is 11.9 Å². The Balaban J connectivity index is 2.11. The molecule has 1 N–H and O–H groups in total. The van der Waals surface area contributed by atoms with Gasteiger partial charge in [0.2, 0.25) is 0 Å². The van der Waals surface area contributed by atoms with Gasteiger partial charge in [-0.2, -0.15) is 0 Å². The second-order valence-electron chi connectivity index (χ2n) is 5.48. The zero-order valence-electron chi connectivity index (χ0n) is 13.9. The van der Waals surface area contributed by atoms with Crippen LogP contribution >= 0.6 is 23.2 Å². The molecule has 2 rings (SSSR count). The van der Waals surface area contributed by atoms with Crippen LogP contribution in [0, 0.1) is 0 Å². The molecular weight excluding hydrogens is 345 g/mol. The van der Waals surface area contributed by atoms with Crippen LogP contribution in [0.4, 0.5) is 5.69 Å². The van der Waals surface area contributed by atoms with Crippen molar-refractivity contribution in [3.8, 4) is 5.75 Å². The normalized spacial score (nSPS) is 10.5. The largest absolute Gasteiger partial charge is 0.490 e. The van der Waals surface area contributed by atoms with Crippen LogP contribution in [-0.2, 0) is 6.42 Å². The fraction of sp³-hybridized carbons (Fsp3) is 0.316. The highest BCUT2D eigenvalue weighted by Crippen LogP contribution is 2.34. The molecule has 2 aromatic rings. The van der Waals surface area contributed by atoms with E-state index in [1.807, 2.05) is 24.3 Å². The molecule has 0 heterocycles. The number of rotatable bonds is 7. The molecule has 24 heavy (non-hydrogen) atoms. The first-order chi connectivity index (χ1) is 11.5. The van der Waals surface area contributed by atoms with Gasteiger partial charge in [-0.3, -0.25) is 4.79 Å². The van der Waals surface area contributed by atoms with E-state index >= 15 is 0 Å². The molecule has 0 aliphatic carbocycles. The second kappa shape index (κ2) is 8.95. The van der Waals surface area contributed by atoms with E-state index < -0.39 is 0 Å². The lowest BCUT2D eigenvalue weighted by Gasteiger charge is -2.12. The highest BCUT2D eigenvalue weighted by molar-refractivity contribution is 6.37. The molecule has 0 aliphatic rings. The summed E-state index contributed by atoms with van der Waals surface area (Å²) in [6.07, 6.45) is 2.90. The van der Waals surface area contributed by atoms with E-state index in [1.165, 1.54) is 5.56 Å². The van der Waals surface area contributed by atoms with Crippen LogP contribution in [-0.4, -0.2) is 12.5 Å². The predicted octanol–water partition coefficient (Wildman–Crippen LogP) is 5.99. The third-order valence-corrected chi connectivity index (χ3v) is 4.19. The van der Waals surface area contributed by atoms with E-state index in [4.69, 9.17) is 27.9 Å². The molecule has 5 heteroatoms. The van der Waals surface area contributed by atoms with E-state index in [9.17, 15) is 4.79 Å². The topological polar surface area (TPSA) is 38.3 Å². The van der Waals surface area contributed by atoms with Crippen molar-refractivity contribution in [3.63, 3.8) is 0 Å². The van der Waals surface area contributed by atoms with Crippen molar-refractivity contribution in [2.45, 2.75) is 33.1 Å². The smallest absolute Gasteiger partial charge is 0.255 e. The fourth-order valence-electron chi connectivity index (χ4n) is 2.17. The van der Waals surface area contributed by atoms with Crippen LogP contribution in [0.15, 0.2) is 36.4 Å². The molecule has 2 aromatic carbocycles. The Bertz CT molecular complexity index is 676. The Hall–Kier alpha value is -1.71. The van der Waals surface area contributed by atoms with Gasteiger partial charge in [0.1, 0.15) is 0 Å². The molecule has 3 nitrogen and oxygen atoms in total. The highest BCUT2D eigenvalue weighted by atomic mass is 35.5. The van der Waals surface area contributed by atoms with Gasteiger partial charge in [-0.05, 0) is 42.7 Å². The number of carbonyl (C=O) groups excluding carboxylic acids is 1. The maximum absolute atomic E-state index is 12.4. The number of benzene rings is 2. The van der Waals surface area contributed by atoms with Crippen LogP contribution in [0.3, 0.4) is 0 Å². The maximum Gasteiger partial charge on any atom is 0.255 e. The monoisotopic (exact) mass is 365 g/mol. The zero-order valence-corrected chi connectivity index (χ0v) is 15.4. The van der Waals surface area contributed by atoms with Crippen LogP contribution in [0.2, 0.25) is 10.0 Å². The number of aryl methyl sites for hydroxylation is 1. The third kappa shape index (κ3) is 4.89. The number of anilines is 1. The number of nitrogens with one attached hydrogen (secondary N) is 1. The van der Waals surface area contributed by atoms with E-state index in [1.54, 1.807) is 12.1 Å². The number of hydrogen-bond acceptors (Lipinski definition) is 2. The lowest BCUT2D eigenvalue weighted by Crippen LogP contribution is -2.12. The van der Waals surface area contributed by atoms with E-state index in [-0.39, 0.29) is 5.91 Å². The summed E-state index contributed by atoms with van der Waals surface area (Å²) < 4.78 is 5.59. The second-order valence-corrected chi connectivity index (χ2v) is 6.29. The van der Waals surface area contributed by atoms with Gasteiger partial charge in [0, 0.05) is 11.3 Å². The zero-order chi connectivity index (χ0) is 17.5. The van der Waals surface area contributed by atoms with E-state index in [0.717, 1.165) is 24.9 Å². The molecular formula is C19H21Cl2NO2. The first kappa shape index (κ1) is 18.6. The third-order valence-electron chi connectivity index (χ3n) is 3.62. The summed E-state index contributed by atoms with van der Waals surface area (Å²) >= 11 is 12.4. The molecule has 0 fully saturated rings. The number of carbonyl (C=O) groups is 1. The van der Waals surface area contributed by atoms with Crippen molar-refractivity contribution in [3.05, 3.63) is 57.6 Å². The fourth-order valence-corrected chi connectivity index (χ4v) is 2.77. The first-order valence-electron chi connectivity index (χ1n) is 8.07. The van der Waals surface area contributed by atoms with Crippen LogP contribution in [0.1, 0.15) is 42.6 Å². The van der Waals surface area contributed by atoms with E-state index in [2.05, 4.69) is 19.2 Å². The Morgan fingerprint density at radius 3 is 2.25 bits per heavy atom. The number of ether oxygens (including phenoxy) is 1. The molecule has 0 aliphatic heterocycles. The molecule has 0 radical (unpaired) electrons. The first-order valence-corrected chi connectivity index (χ1v) is 8.82. The van der Waals surface area contributed by atoms with Crippen molar-refractivity contribution >= 4 is 34.8 Å². The van der Waals surface area contributed by atoms with Crippen LogP contribution < -0.4 is 10.1 Å². The molecule has 1 amide bonds. The van der Waals surface area contributed by atoms with Crippen molar-refractivity contribution in [1.82, 2.24) is 0 Å². The van der Waals surface area contributed by atoms with Gasteiger partial charge >= 0.3 is 0 Å². The standard InChI is InChI=1S/C19H21Cl2NO2/c1-3-5-10-24-18-16(20)11-14(12-17(18)21)19(23)22-15-8-6-13(4-2)7-9-15/h6-9,11-12H,3-5,10H2,1-2H3,(H,22,23). The summed E-state index contributed by atoms with van der Waals surface area (Å²) in [4.78, 5) is 12.4. The van der Waals surface area contributed by atoms with Gasteiger partial charge in [0.15, 0.2) is 5.75 Å². The van der Waals surface area contributed by atoms with Crippen LogP contribution in [0.25, 0.3) is 0 Å². The summed E-state index contributed by atoms with van der Waals surface area (Å²) in [6.45, 7) is 4.71. The van der Waals surface area contributed by atoms with Gasteiger partial charge < -0.3 is 10.1 Å². The minimum Gasteiger partial charge on any atom is -0.490 e. The minimum absolute atomic E-state index is 0.261. The molecule has 0 aromatic heterocycles. The molecule has 0 saturated carbocycles. The van der Waals surface area contributed by atoms with Crippen LogP contribution in [0.5, 0.6) is 5.75 Å². The van der Waals surface area contributed by atoms with Crippen molar-refractivity contribution in [2.24, 2.45) is 0 Å². The summed E-state index contributed by atoms with van der Waals surface area (Å²) in [5.74, 6) is 0.166. The molecule has 0 atom stereocenters. The van der Waals surface area contributed by atoms with Gasteiger partial charge in [-0.15, -0.1) is 0 Å². The number of unbranched alkanes of at least 4 members (excludes halogenated alkanes) is 1. The summed E-state index contributed by atoms with van der Waals surface area (Å²) in [6, 6.07) is 10.9. The SMILES string of the molecule is CCCCOc1c(Cl)cc(C(=O)Nc2ccc(CC)cc2)cc1Cl. The van der Waals surface area contributed by atoms with Crippen molar-refractivity contribution in [1.29, 1.82) is 0 Å². The molecule has 0 saturated heterocycles. The lowest BCUT2D eigenvalue weighted by atomic mass is 10.1. The number of amides is 1. The summed E-state index contributed by atoms with van der Waals surface area (Å²) in [5, 5.41) is 3.51.